The summed E-state index contributed by atoms with van der Waals surface area (Å²) in [6, 6.07) is -0.144. The molecule has 1 N–H and O–H groups in total. The molecule has 0 spiro atoms. The number of hydrogen-bond acceptors (Lipinski definition) is 3. The number of rotatable bonds is 1. The molecule has 0 saturated carbocycles. The highest BCUT2D eigenvalue weighted by molar-refractivity contribution is 5.83. The van der Waals surface area contributed by atoms with Gasteiger partial charge in [-0.2, -0.15) is 0 Å². The van der Waals surface area contributed by atoms with E-state index in [0.29, 0.717) is 6.42 Å². The maximum absolute atomic E-state index is 11.3. The number of aliphatic hydroxyl groups is 1. The molecule has 11 heavy (non-hydrogen) atoms. The fourth-order valence-corrected chi connectivity index (χ4v) is 1.27. The second kappa shape index (κ2) is 2.79. The van der Waals surface area contributed by atoms with Gasteiger partial charge < -0.3 is 10.0 Å². The van der Waals surface area contributed by atoms with Crippen LogP contribution in [0, 0.1) is 0 Å². The van der Waals surface area contributed by atoms with Crippen molar-refractivity contribution in [3.05, 3.63) is 0 Å². The lowest BCUT2D eigenvalue weighted by Gasteiger charge is -2.16. The van der Waals surface area contributed by atoms with Gasteiger partial charge >= 0.3 is 0 Å². The number of aliphatic hydroxyl groups excluding tert-OH is 1. The summed E-state index contributed by atoms with van der Waals surface area (Å²) in [7, 11) is 5.30. The second-order valence-electron chi connectivity index (χ2n) is 3.14. The first-order valence-corrected chi connectivity index (χ1v) is 3.65. The third-order valence-corrected chi connectivity index (χ3v) is 2.14. The molecule has 0 bridgehead atoms. The van der Waals surface area contributed by atoms with Crippen LogP contribution in [0.1, 0.15) is 6.42 Å². The van der Waals surface area contributed by atoms with Crippen LogP contribution in [-0.2, 0) is 4.79 Å². The van der Waals surface area contributed by atoms with E-state index in [0.717, 1.165) is 0 Å². The van der Waals surface area contributed by atoms with Crippen molar-refractivity contribution in [2.45, 2.75) is 18.7 Å². The molecule has 0 aromatic rings. The molecule has 0 aromatic carbocycles. The lowest BCUT2D eigenvalue weighted by molar-refractivity contribution is -0.134. The highest BCUT2D eigenvalue weighted by Crippen LogP contribution is 2.17. The lowest BCUT2D eigenvalue weighted by atomic mass is 10.2. The largest absolute Gasteiger partial charge is 0.373 e. The van der Waals surface area contributed by atoms with Gasteiger partial charge in [0.05, 0.1) is 6.04 Å². The van der Waals surface area contributed by atoms with E-state index >= 15 is 0 Å². The zero-order valence-electron chi connectivity index (χ0n) is 7.11. The van der Waals surface area contributed by atoms with Crippen molar-refractivity contribution in [3.8, 4) is 0 Å². The van der Waals surface area contributed by atoms with Gasteiger partial charge in [0, 0.05) is 13.5 Å². The van der Waals surface area contributed by atoms with Gasteiger partial charge in [0.25, 0.3) is 0 Å². The molecular weight excluding hydrogens is 144 g/mol. The minimum absolute atomic E-state index is 0.00231. The average Bonchev–Trinajstić information content (AvgIpc) is 2.17. The molecule has 2 atom stereocenters. The van der Waals surface area contributed by atoms with E-state index in [9.17, 15) is 9.90 Å². The van der Waals surface area contributed by atoms with Crippen molar-refractivity contribution >= 4 is 5.91 Å². The molecule has 1 amide bonds. The number of hydrogen-bond donors (Lipinski definition) is 1. The minimum Gasteiger partial charge on any atom is -0.373 e. The van der Waals surface area contributed by atoms with Gasteiger partial charge in [-0.1, -0.05) is 0 Å². The van der Waals surface area contributed by atoms with Gasteiger partial charge in [-0.05, 0) is 14.1 Å². The number of carbonyl (C=O) groups excluding carboxylic acids is 1. The standard InChI is InChI=1S/C7H14N2O2/c1-8(2)5-4-6(10)9(3)7(5)11/h5-6,10H,4H2,1-3H3. The first kappa shape index (κ1) is 8.49. The van der Waals surface area contributed by atoms with E-state index in [4.69, 9.17) is 0 Å². The summed E-state index contributed by atoms with van der Waals surface area (Å²) in [6.45, 7) is 0. The Bertz CT molecular complexity index is 170. The topological polar surface area (TPSA) is 43.8 Å². The number of likely N-dealkylation sites (tertiary alicyclic amines) is 1. The number of amides is 1. The van der Waals surface area contributed by atoms with Crippen molar-refractivity contribution in [2.75, 3.05) is 21.1 Å². The maximum Gasteiger partial charge on any atom is 0.241 e. The predicted molar refractivity (Wildman–Crippen MR) is 40.9 cm³/mol. The summed E-state index contributed by atoms with van der Waals surface area (Å²) in [5.74, 6) is 0.00231. The van der Waals surface area contributed by atoms with Crippen molar-refractivity contribution < 1.29 is 9.90 Å². The Labute approximate surface area is 66.4 Å². The van der Waals surface area contributed by atoms with Crippen LogP contribution >= 0.6 is 0 Å². The number of carbonyl (C=O) groups is 1. The summed E-state index contributed by atoms with van der Waals surface area (Å²) in [5.41, 5.74) is 0. The predicted octanol–water partition coefficient (Wildman–Crippen LogP) is -0.903. The molecule has 1 heterocycles. The van der Waals surface area contributed by atoms with Crippen LogP contribution in [0.15, 0.2) is 0 Å². The van der Waals surface area contributed by atoms with Gasteiger partial charge in [0.2, 0.25) is 5.91 Å². The Balaban J connectivity index is 2.67. The summed E-state index contributed by atoms with van der Waals surface area (Å²) >= 11 is 0. The van der Waals surface area contributed by atoms with Crippen molar-refractivity contribution in [1.29, 1.82) is 0 Å². The van der Waals surface area contributed by atoms with Gasteiger partial charge in [-0.15, -0.1) is 0 Å². The van der Waals surface area contributed by atoms with E-state index < -0.39 is 6.23 Å². The fraction of sp³-hybridized carbons (Fsp3) is 0.857. The quantitative estimate of drug-likeness (QED) is 0.537. The normalized spacial score (nSPS) is 32.1. The lowest BCUT2D eigenvalue weighted by Crippen LogP contribution is -2.36. The molecule has 2 unspecified atom stereocenters. The average molecular weight is 158 g/mol. The third-order valence-electron chi connectivity index (χ3n) is 2.14. The summed E-state index contributed by atoms with van der Waals surface area (Å²) in [4.78, 5) is 14.5. The molecule has 1 aliphatic rings. The fourth-order valence-electron chi connectivity index (χ4n) is 1.27. The molecule has 4 nitrogen and oxygen atoms in total. The summed E-state index contributed by atoms with van der Waals surface area (Å²) in [6.07, 6.45) is -0.0857. The van der Waals surface area contributed by atoms with Crippen LogP contribution in [0.2, 0.25) is 0 Å². The zero-order chi connectivity index (χ0) is 8.59. The molecule has 1 saturated heterocycles. The number of likely N-dealkylation sites (N-methyl/N-ethyl adjacent to an activating group) is 2. The molecule has 1 aliphatic heterocycles. The van der Waals surface area contributed by atoms with Crippen LogP contribution in [0.4, 0.5) is 0 Å². The maximum atomic E-state index is 11.3. The highest BCUT2D eigenvalue weighted by Gasteiger charge is 2.36. The molecule has 1 rings (SSSR count). The monoisotopic (exact) mass is 158 g/mol. The van der Waals surface area contributed by atoms with E-state index in [1.54, 1.807) is 7.05 Å². The molecule has 0 radical (unpaired) electrons. The van der Waals surface area contributed by atoms with Crippen LogP contribution in [0.25, 0.3) is 0 Å². The van der Waals surface area contributed by atoms with Crippen molar-refractivity contribution in [1.82, 2.24) is 9.80 Å². The second-order valence-corrected chi connectivity index (χ2v) is 3.14. The van der Waals surface area contributed by atoms with Crippen molar-refractivity contribution in [3.63, 3.8) is 0 Å². The summed E-state index contributed by atoms with van der Waals surface area (Å²) < 4.78 is 0. The van der Waals surface area contributed by atoms with E-state index in [-0.39, 0.29) is 11.9 Å². The first-order valence-electron chi connectivity index (χ1n) is 3.65. The Morgan fingerprint density at radius 1 is 1.64 bits per heavy atom. The van der Waals surface area contributed by atoms with Crippen LogP contribution < -0.4 is 0 Å². The van der Waals surface area contributed by atoms with Gasteiger partial charge in [-0.25, -0.2) is 0 Å². The molecule has 64 valence electrons. The Morgan fingerprint density at radius 3 is 2.36 bits per heavy atom. The SMILES string of the molecule is CN(C)C1CC(O)N(C)C1=O. The van der Waals surface area contributed by atoms with E-state index in [2.05, 4.69) is 0 Å². The minimum atomic E-state index is -0.602. The van der Waals surface area contributed by atoms with Crippen LogP contribution in [-0.4, -0.2) is 54.2 Å². The van der Waals surface area contributed by atoms with Crippen molar-refractivity contribution in [2.24, 2.45) is 0 Å². The van der Waals surface area contributed by atoms with Gasteiger partial charge in [0.1, 0.15) is 6.23 Å². The Hall–Kier alpha value is -0.610. The van der Waals surface area contributed by atoms with Crippen LogP contribution in [0.3, 0.4) is 0 Å². The van der Waals surface area contributed by atoms with Gasteiger partial charge in [0.15, 0.2) is 0 Å². The Morgan fingerprint density at radius 2 is 2.18 bits per heavy atom. The summed E-state index contributed by atoms with van der Waals surface area (Å²) in [5, 5.41) is 9.27. The van der Waals surface area contributed by atoms with E-state index in [1.807, 2.05) is 19.0 Å². The molecule has 1 fully saturated rings. The molecule has 4 heteroatoms. The van der Waals surface area contributed by atoms with Gasteiger partial charge in [-0.3, -0.25) is 9.69 Å². The van der Waals surface area contributed by atoms with Crippen LogP contribution in [0.5, 0.6) is 0 Å². The first-order chi connectivity index (χ1) is 5.04. The molecular formula is C7H14N2O2. The highest BCUT2D eigenvalue weighted by atomic mass is 16.3. The molecule has 0 aromatic heterocycles. The smallest absolute Gasteiger partial charge is 0.241 e. The Kier molecular flexibility index (Phi) is 2.15. The number of nitrogens with zero attached hydrogens (tertiary/aromatic N) is 2. The zero-order valence-corrected chi connectivity index (χ0v) is 7.11. The molecule has 0 aliphatic carbocycles. The third kappa shape index (κ3) is 1.36. The van der Waals surface area contributed by atoms with E-state index in [1.165, 1.54) is 4.90 Å².